The smallest absolute Gasteiger partial charge is 0.306 e. The first-order valence-corrected chi connectivity index (χ1v) is 8.17. The van der Waals surface area contributed by atoms with Crippen molar-refractivity contribution in [1.29, 1.82) is 0 Å². The Balaban J connectivity index is 2.66. The van der Waals surface area contributed by atoms with Crippen LogP contribution in [0.2, 0.25) is 0 Å². The maximum absolute atomic E-state index is 13.1. The van der Waals surface area contributed by atoms with Crippen molar-refractivity contribution in [2.24, 2.45) is 0 Å². The molecule has 0 aromatic heterocycles. The summed E-state index contributed by atoms with van der Waals surface area (Å²) < 4.78 is 62.9. The zero-order valence-electron chi connectivity index (χ0n) is 13.8. The highest BCUT2D eigenvalue weighted by atomic mass is 19.4. The van der Waals surface area contributed by atoms with E-state index in [2.05, 4.69) is 12.2 Å². The van der Waals surface area contributed by atoms with Gasteiger partial charge in [0, 0.05) is 12.6 Å². The molecular formula is C18H24F5N. The molecule has 24 heavy (non-hydrogen) atoms. The zero-order valence-corrected chi connectivity index (χ0v) is 13.8. The third kappa shape index (κ3) is 7.43. The van der Waals surface area contributed by atoms with Gasteiger partial charge in [0.05, 0.1) is 0 Å². The van der Waals surface area contributed by atoms with Gasteiger partial charge >= 0.3 is 12.1 Å². The van der Waals surface area contributed by atoms with E-state index >= 15 is 0 Å². The van der Waals surface area contributed by atoms with E-state index in [1.54, 1.807) is 0 Å². The summed E-state index contributed by atoms with van der Waals surface area (Å²) in [7, 11) is 0. The lowest BCUT2D eigenvalue weighted by Crippen LogP contribution is -2.35. The summed E-state index contributed by atoms with van der Waals surface area (Å²) in [5.74, 6) is -4.80. The molecule has 136 valence electrons. The Morgan fingerprint density at radius 1 is 1.00 bits per heavy atom. The van der Waals surface area contributed by atoms with Gasteiger partial charge in [-0.25, -0.2) is 0 Å². The van der Waals surface area contributed by atoms with Gasteiger partial charge in [-0.15, -0.1) is 0 Å². The summed E-state index contributed by atoms with van der Waals surface area (Å²) in [6, 6.07) is 8.78. The van der Waals surface area contributed by atoms with Gasteiger partial charge < -0.3 is 5.32 Å². The van der Waals surface area contributed by atoms with Crippen LogP contribution < -0.4 is 5.32 Å². The van der Waals surface area contributed by atoms with Gasteiger partial charge in [0.15, 0.2) is 0 Å². The molecule has 0 spiro atoms. The molecular weight excluding hydrogens is 325 g/mol. The lowest BCUT2D eigenvalue weighted by atomic mass is 10.1. The van der Waals surface area contributed by atoms with Crippen molar-refractivity contribution < 1.29 is 22.0 Å². The predicted molar refractivity (Wildman–Crippen MR) is 86.0 cm³/mol. The van der Waals surface area contributed by atoms with Gasteiger partial charge in [-0.3, -0.25) is 0 Å². The SMILES string of the molecule is CCCCCC[C@@H](/C=C/C(F)(F)C(F)(F)F)NCc1ccccc1. The Morgan fingerprint density at radius 2 is 1.67 bits per heavy atom. The quantitative estimate of drug-likeness (QED) is 0.316. The van der Waals surface area contributed by atoms with Crippen LogP contribution in [-0.4, -0.2) is 18.1 Å². The van der Waals surface area contributed by atoms with E-state index in [9.17, 15) is 22.0 Å². The van der Waals surface area contributed by atoms with E-state index in [0.29, 0.717) is 13.0 Å². The number of hydrogen-bond donors (Lipinski definition) is 1. The van der Waals surface area contributed by atoms with Crippen molar-refractivity contribution in [2.45, 2.75) is 63.7 Å². The summed E-state index contributed by atoms with van der Waals surface area (Å²) in [4.78, 5) is 0. The minimum Gasteiger partial charge on any atom is -0.306 e. The van der Waals surface area contributed by atoms with Crippen molar-refractivity contribution in [3.05, 3.63) is 48.0 Å². The fraction of sp³-hybridized carbons (Fsp3) is 0.556. The second-order valence-corrected chi connectivity index (χ2v) is 5.80. The van der Waals surface area contributed by atoms with Gasteiger partial charge in [-0.05, 0) is 18.1 Å². The first-order valence-electron chi connectivity index (χ1n) is 8.17. The summed E-state index contributed by atoms with van der Waals surface area (Å²) in [5.41, 5.74) is 0.951. The van der Waals surface area contributed by atoms with Crippen molar-refractivity contribution in [2.75, 3.05) is 0 Å². The molecule has 1 N–H and O–H groups in total. The largest absolute Gasteiger partial charge is 0.457 e. The molecule has 6 heteroatoms. The van der Waals surface area contributed by atoms with E-state index in [-0.39, 0.29) is 6.08 Å². The van der Waals surface area contributed by atoms with Crippen LogP contribution in [-0.2, 0) is 6.54 Å². The summed E-state index contributed by atoms with van der Waals surface area (Å²) >= 11 is 0. The summed E-state index contributed by atoms with van der Waals surface area (Å²) in [6.45, 7) is 2.47. The van der Waals surface area contributed by atoms with Crippen LogP contribution in [0.3, 0.4) is 0 Å². The topological polar surface area (TPSA) is 12.0 Å². The molecule has 0 aliphatic heterocycles. The maximum Gasteiger partial charge on any atom is 0.457 e. The average Bonchev–Trinajstić information content (AvgIpc) is 2.53. The third-order valence-electron chi connectivity index (χ3n) is 3.70. The molecule has 0 fully saturated rings. The molecule has 1 rings (SSSR count). The number of halogens is 5. The highest BCUT2D eigenvalue weighted by Crippen LogP contribution is 2.36. The number of benzene rings is 1. The molecule has 0 saturated carbocycles. The van der Waals surface area contributed by atoms with Gasteiger partial charge in [-0.2, -0.15) is 22.0 Å². The Hall–Kier alpha value is -1.43. The zero-order chi connectivity index (χ0) is 18.1. The van der Waals surface area contributed by atoms with Crippen LogP contribution in [0.25, 0.3) is 0 Å². The van der Waals surface area contributed by atoms with E-state index in [4.69, 9.17) is 0 Å². The molecule has 0 heterocycles. The number of allylic oxidation sites excluding steroid dienone is 1. The Labute approximate surface area is 139 Å². The number of unbranched alkanes of at least 4 members (excludes halogenated alkanes) is 3. The van der Waals surface area contributed by atoms with Crippen LogP contribution in [0.1, 0.15) is 44.6 Å². The second-order valence-electron chi connectivity index (χ2n) is 5.80. The molecule has 1 aromatic rings. The molecule has 0 saturated heterocycles. The fourth-order valence-electron chi connectivity index (χ4n) is 2.23. The average molecular weight is 349 g/mol. The Bertz CT molecular complexity index is 482. The highest BCUT2D eigenvalue weighted by molar-refractivity contribution is 5.15. The molecule has 0 radical (unpaired) electrons. The van der Waals surface area contributed by atoms with E-state index in [1.165, 1.54) is 0 Å². The molecule has 0 unspecified atom stereocenters. The van der Waals surface area contributed by atoms with E-state index in [1.807, 2.05) is 30.3 Å². The first kappa shape index (κ1) is 20.6. The Morgan fingerprint density at radius 3 is 2.25 bits per heavy atom. The van der Waals surface area contributed by atoms with Gasteiger partial charge in [0.25, 0.3) is 0 Å². The van der Waals surface area contributed by atoms with Crippen molar-refractivity contribution in [1.82, 2.24) is 5.32 Å². The van der Waals surface area contributed by atoms with Crippen LogP contribution in [0.5, 0.6) is 0 Å². The van der Waals surface area contributed by atoms with Gasteiger partial charge in [0.1, 0.15) is 0 Å². The molecule has 0 aliphatic carbocycles. The normalized spacial score (nSPS) is 14.2. The molecule has 1 nitrogen and oxygen atoms in total. The first-order chi connectivity index (χ1) is 11.3. The molecule has 0 aliphatic rings. The van der Waals surface area contributed by atoms with Crippen molar-refractivity contribution >= 4 is 0 Å². The number of alkyl halides is 5. The molecule has 1 atom stereocenters. The number of rotatable bonds is 10. The summed E-state index contributed by atoms with van der Waals surface area (Å²) in [6.07, 6.45) is -0.353. The van der Waals surface area contributed by atoms with Gasteiger partial charge in [-0.1, -0.05) is 69.0 Å². The minimum absolute atomic E-state index is 0.0323. The minimum atomic E-state index is -5.56. The van der Waals surface area contributed by atoms with Crippen molar-refractivity contribution in [3.63, 3.8) is 0 Å². The second kappa shape index (κ2) is 9.77. The number of nitrogens with one attached hydrogen (secondary N) is 1. The van der Waals surface area contributed by atoms with Crippen LogP contribution in [0.15, 0.2) is 42.5 Å². The van der Waals surface area contributed by atoms with E-state index in [0.717, 1.165) is 37.3 Å². The number of hydrogen-bond acceptors (Lipinski definition) is 1. The lowest BCUT2D eigenvalue weighted by Gasteiger charge is -2.19. The molecule has 1 aromatic carbocycles. The maximum atomic E-state index is 13.1. The Kier molecular flexibility index (Phi) is 8.39. The summed E-state index contributed by atoms with van der Waals surface area (Å²) in [5, 5.41) is 3.05. The van der Waals surface area contributed by atoms with Crippen molar-refractivity contribution in [3.8, 4) is 0 Å². The third-order valence-corrected chi connectivity index (χ3v) is 3.70. The predicted octanol–water partition coefficient (Wildman–Crippen LogP) is 5.87. The molecule has 0 amide bonds. The van der Waals surface area contributed by atoms with Gasteiger partial charge in [0.2, 0.25) is 0 Å². The van der Waals surface area contributed by atoms with Crippen LogP contribution in [0, 0.1) is 0 Å². The monoisotopic (exact) mass is 349 g/mol. The standard InChI is InChI=1S/C18H24F5N/c1-2-3-4-8-11-16(12-13-17(19,20)18(21,22)23)24-14-15-9-6-5-7-10-15/h5-7,9-10,12-13,16,24H,2-4,8,11,14H2,1H3/b13-12+/t16-/m0/s1. The highest BCUT2D eigenvalue weighted by Gasteiger charge is 2.55. The van der Waals surface area contributed by atoms with Crippen LogP contribution in [0.4, 0.5) is 22.0 Å². The van der Waals surface area contributed by atoms with Crippen LogP contribution >= 0.6 is 0 Å². The lowest BCUT2D eigenvalue weighted by molar-refractivity contribution is -0.259. The van der Waals surface area contributed by atoms with E-state index < -0.39 is 18.1 Å². The fourth-order valence-corrected chi connectivity index (χ4v) is 2.23. The molecule has 0 bridgehead atoms.